The minimum absolute atomic E-state index is 0.0378. The number of anilines is 1. The highest BCUT2D eigenvalue weighted by molar-refractivity contribution is 5.95. The van der Waals surface area contributed by atoms with Crippen molar-refractivity contribution in [1.82, 2.24) is 5.32 Å². The SMILES string of the molecule is Cc1cc(N)cc(C(=O)NCCCC(C)C)c1. The second-order valence-electron chi connectivity index (χ2n) is 4.92. The Balaban J connectivity index is 2.47. The van der Waals surface area contributed by atoms with Gasteiger partial charge < -0.3 is 11.1 Å². The van der Waals surface area contributed by atoms with E-state index in [4.69, 9.17) is 5.73 Å². The zero-order valence-electron chi connectivity index (χ0n) is 10.9. The first-order chi connectivity index (χ1) is 7.99. The maximum Gasteiger partial charge on any atom is 0.251 e. The molecule has 0 radical (unpaired) electrons. The molecule has 0 atom stereocenters. The topological polar surface area (TPSA) is 55.1 Å². The van der Waals surface area contributed by atoms with Crippen molar-refractivity contribution in [2.24, 2.45) is 5.92 Å². The molecule has 0 aliphatic carbocycles. The van der Waals surface area contributed by atoms with E-state index in [1.165, 1.54) is 0 Å². The summed E-state index contributed by atoms with van der Waals surface area (Å²) in [6, 6.07) is 5.43. The number of carbonyl (C=O) groups excluding carboxylic acids is 1. The molecule has 0 aromatic heterocycles. The highest BCUT2D eigenvalue weighted by Crippen LogP contribution is 2.11. The largest absolute Gasteiger partial charge is 0.399 e. The van der Waals surface area contributed by atoms with Crippen LogP contribution in [-0.2, 0) is 0 Å². The van der Waals surface area contributed by atoms with Gasteiger partial charge in [0.15, 0.2) is 0 Å². The van der Waals surface area contributed by atoms with Crippen molar-refractivity contribution in [2.75, 3.05) is 12.3 Å². The second kappa shape index (κ2) is 6.28. The van der Waals surface area contributed by atoms with Gasteiger partial charge in [0, 0.05) is 17.8 Å². The van der Waals surface area contributed by atoms with Crippen LogP contribution in [0.1, 0.15) is 42.6 Å². The molecule has 0 aliphatic rings. The standard InChI is InChI=1S/C14H22N2O/c1-10(2)5-4-6-16-14(17)12-7-11(3)8-13(15)9-12/h7-10H,4-6,15H2,1-3H3,(H,16,17). The molecule has 3 nitrogen and oxygen atoms in total. The van der Waals surface area contributed by atoms with E-state index in [1.807, 2.05) is 19.1 Å². The number of nitrogen functional groups attached to an aromatic ring is 1. The van der Waals surface area contributed by atoms with Crippen LogP contribution in [0.4, 0.5) is 5.69 Å². The van der Waals surface area contributed by atoms with Crippen LogP contribution < -0.4 is 11.1 Å². The normalized spacial score (nSPS) is 10.6. The number of hydrogen-bond donors (Lipinski definition) is 2. The van der Waals surface area contributed by atoms with Crippen LogP contribution in [0.25, 0.3) is 0 Å². The summed E-state index contributed by atoms with van der Waals surface area (Å²) < 4.78 is 0. The molecule has 0 aliphatic heterocycles. The molecule has 0 bridgehead atoms. The van der Waals surface area contributed by atoms with Crippen LogP contribution in [0.5, 0.6) is 0 Å². The van der Waals surface area contributed by atoms with Crippen LogP contribution in [0.2, 0.25) is 0 Å². The van der Waals surface area contributed by atoms with Crippen LogP contribution in [0.15, 0.2) is 18.2 Å². The lowest BCUT2D eigenvalue weighted by Crippen LogP contribution is -2.24. The first-order valence-corrected chi connectivity index (χ1v) is 6.14. The summed E-state index contributed by atoms with van der Waals surface area (Å²) >= 11 is 0. The van der Waals surface area contributed by atoms with Crippen LogP contribution >= 0.6 is 0 Å². The van der Waals surface area contributed by atoms with Crippen molar-refractivity contribution >= 4 is 11.6 Å². The smallest absolute Gasteiger partial charge is 0.251 e. The van der Waals surface area contributed by atoms with E-state index < -0.39 is 0 Å². The minimum Gasteiger partial charge on any atom is -0.399 e. The average molecular weight is 234 g/mol. The zero-order valence-corrected chi connectivity index (χ0v) is 10.9. The summed E-state index contributed by atoms with van der Waals surface area (Å²) in [6.07, 6.45) is 2.15. The van der Waals surface area contributed by atoms with Gasteiger partial charge in [-0.15, -0.1) is 0 Å². The van der Waals surface area contributed by atoms with Crippen molar-refractivity contribution in [3.8, 4) is 0 Å². The Bertz CT molecular complexity index is 366. The van der Waals surface area contributed by atoms with E-state index >= 15 is 0 Å². The molecule has 17 heavy (non-hydrogen) atoms. The van der Waals surface area contributed by atoms with E-state index in [0.717, 1.165) is 24.9 Å². The molecule has 0 spiro atoms. The Labute approximate surface area is 103 Å². The molecule has 0 saturated heterocycles. The highest BCUT2D eigenvalue weighted by atomic mass is 16.1. The number of amides is 1. The Morgan fingerprint density at radius 2 is 2.06 bits per heavy atom. The van der Waals surface area contributed by atoms with Gasteiger partial charge in [0.2, 0.25) is 0 Å². The first-order valence-electron chi connectivity index (χ1n) is 6.14. The van der Waals surface area contributed by atoms with Crippen molar-refractivity contribution < 1.29 is 4.79 Å². The van der Waals surface area contributed by atoms with Gasteiger partial charge in [-0.25, -0.2) is 0 Å². The zero-order chi connectivity index (χ0) is 12.8. The third-order valence-electron chi connectivity index (χ3n) is 2.61. The lowest BCUT2D eigenvalue weighted by Gasteiger charge is -2.08. The first kappa shape index (κ1) is 13.6. The van der Waals surface area contributed by atoms with Gasteiger partial charge in [-0.2, -0.15) is 0 Å². The van der Waals surface area contributed by atoms with Crippen molar-refractivity contribution in [1.29, 1.82) is 0 Å². The van der Waals surface area contributed by atoms with Gasteiger partial charge in [-0.05, 0) is 49.4 Å². The van der Waals surface area contributed by atoms with E-state index in [1.54, 1.807) is 6.07 Å². The lowest BCUT2D eigenvalue weighted by molar-refractivity contribution is 0.0952. The number of rotatable bonds is 5. The minimum atomic E-state index is -0.0378. The molecule has 1 aromatic carbocycles. The van der Waals surface area contributed by atoms with Crippen LogP contribution in [0.3, 0.4) is 0 Å². The van der Waals surface area contributed by atoms with Gasteiger partial charge in [-0.1, -0.05) is 13.8 Å². The fraction of sp³-hybridized carbons (Fsp3) is 0.500. The predicted octanol–water partition coefficient (Wildman–Crippen LogP) is 2.74. The van der Waals surface area contributed by atoms with Gasteiger partial charge >= 0.3 is 0 Å². The van der Waals surface area contributed by atoms with E-state index in [2.05, 4.69) is 19.2 Å². The second-order valence-corrected chi connectivity index (χ2v) is 4.92. The molecule has 1 rings (SSSR count). The summed E-state index contributed by atoms with van der Waals surface area (Å²) in [6.45, 7) is 7.03. The number of benzene rings is 1. The van der Waals surface area contributed by atoms with E-state index in [-0.39, 0.29) is 5.91 Å². The third kappa shape index (κ3) is 4.89. The summed E-state index contributed by atoms with van der Waals surface area (Å²) in [5, 5.41) is 2.91. The van der Waals surface area contributed by atoms with E-state index in [0.29, 0.717) is 17.2 Å². The number of nitrogens with one attached hydrogen (secondary N) is 1. The number of nitrogens with two attached hydrogens (primary N) is 1. The molecule has 3 N–H and O–H groups in total. The molecular weight excluding hydrogens is 212 g/mol. The Morgan fingerprint density at radius 3 is 2.65 bits per heavy atom. The van der Waals surface area contributed by atoms with Crippen molar-refractivity contribution in [2.45, 2.75) is 33.6 Å². The van der Waals surface area contributed by atoms with Gasteiger partial charge in [0.25, 0.3) is 5.91 Å². The predicted molar refractivity (Wildman–Crippen MR) is 72.0 cm³/mol. The summed E-state index contributed by atoms with van der Waals surface area (Å²) in [4.78, 5) is 11.8. The Kier molecular flexibility index (Phi) is 5.01. The van der Waals surface area contributed by atoms with Gasteiger partial charge in [-0.3, -0.25) is 4.79 Å². The molecule has 0 saturated carbocycles. The summed E-state index contributed by atoms with van der Waals surface area (Å²) in [5.41, 5.74) is 8.01. The summed E-state index contributed by atoms with van der Waals surface area (Å²) in [5.74, 6) is 0.644. The molecule has 0 unspecified atom stereocenters. The number of hydrogen-bond acceptors (Lipinski definition) is 2. The molecule has 1 aromatic rings. The molecular formula is C14H22N2O. The van der Waals surface area contributed by atoms with E-state index in [9.17, 15) is 4.79 Å². The molecule has 3 heteroatoms. The van der Waals surface area contributed by atoms with Crippen LogP contribution in [0, 0.1) is 12.8 Å². The molecule has 0 heterocycles. The number of carbonyl (C=O) groups is 1. The molecule has 94 valence electrons. The fourth-order valence-corrected chi connectivity index (χ4v) is 1.76. The Morgan fingerprint density at radius 1 is 1.35 bits per heavy atom. The van der Waals surface area contributed by atoms with Crippen molar-refractivity contribution in [3.05, 3.63) is 29.3 Å². The number of aryl methyl sites for hydroxylation is 1. The lowest BCUT2D eigenvalue weighted by atomic mass is 10.1. The average Bonchev–Trinajstić information content (AvgIpc) is 2.22. The fourth-order valence-electron chi connectivity index (χ4n) is 1.76. The molecule has 1 amide bonds. The monoisotopic (exact) mass is 234 g/mol. The quantitative estimate of drug-likeness (QED) is 0.608. The third-order valence-corrected chi connectivity index (χ3v) is 2.61. The maximum absolute atomic E-state index is 11.8. The Hall–Kier alpha value is -1.51. The molecule has 0 fully saturated rings. The van der Waals surface area contributed by atoms with Crippen molar-refractivity contribution in [3.63, 3.8) is 0 Å². The van der Waals surface area contributed by atoms with Gasteiger partial charge in [0.1, 0.15) is 0 Å². The van der Waals surface area contributed by atoms with Crippen LogP contribution in [-0.4, -0.2) is 12.5 Å². The summed E-state index contributed by atoms with van der Waals surface area (Å²) in [7, 11) is 0. The van der Waals surface area contributed by atoms with Gasteiger partial charge in [0.05, 0.1) is 0 Å². The maximum atomic E-state index is 11.8. The highest BCUT2D eigenvalue weighted by Gasteiger charge is 2.06.